The normalized spacial score (nSPS) is 14.2. The number of amides is 1. The van der Waals surface area contributed by atoms with Gasteiger partial charge in [0.15, 0.2) is 11.5 Å². The molecule has 3 rings (SSSR count). The average molecular weight is 385 g/mol. The molecule has 1 amide bonds. The summed E-state index contributed by atoms with van der Waals surface area (Å²) >= 11 is 0. The molecular weight excluding hydrogens is 358 g/mol. The van der Waals surface area contributed by atoms with Crippen molar-refractivity contribution in [1.82, 2.24) is 14.9 Å². The topological polar surface area (TPSA) is 93.8 Å². The van der Waals surface area contributed by atoms with Gasteiger partial charge in [0, 0.05) is 38.7 Å². The number of fused-ring (bicyclic) bond motifs is 1. The van der Waals surface area contributed by atoms with Crippen molar-refractivity contribution >= 4 is 11.7 Å². The Labute approximate surface area is 165 Å². The lowest BCUT2D eigenvalue weighted by atomic mass is 10.0. The summed E-state index contributed by atoms with van der Waals surface area (Å²) in [6, 6.07) is 5.06. The number of carbonyl (C=O) groups excluding carboxylic acids is 1. The molecule has 8 heteroatoms. The molecule has 0 aliphatic carbocycles. The third-order valence-corrected chi connectivity index (χ3v) is 4.99. The van der Waals surface area contributed by atoms with Gasteiger partial charge in [-0.3, -0.25) is 4.79 Å². The van der Waals surface area contributed by atoms with E-state index in [1.165, 1.54) is 0 Å². The molecule has 2 heterocycles. The van der Waals surface area contributed by atoms with Crippen LogP contribution in [0.2, 0.25) is 0 Å². The fourth-order valence-electron chi connectivity index (χ4n) is 3.45. The maximum absolute atomic E-state index is 12.8. The van der Waals surface area contributed by atoms with E-state index in [0.29, 0.717) is 24.6 Å². The van der Waals surface area contributed by atoms with Gasteiger partial charge in [0.2, 0.25) is 5.91 Å². The largest absolute Gasteiger partial charge is 0.493 e. The first-order chi connectivity index (χ1) is 13.4. The third-order valence-electron chi connectivity index (χ3n) is 4.99. The lowest BCUT2D eigenvalue weighted by Gasteiger charge is -2.30. The number of rotatable bonds is 6. The van der Waals surface area contributed by atoms with E-state index in [1.807, 2.05) is 36.0 Å². The number of benzene rings is 1. The quantitative estimate of drug-likeness (QED) is 0.806. The van der Waals surface area contributed by atoms with Gasteiger partial charge in [-0.2, -0.15) is 0 Å². The number of hydrogen-bond acceptors (Lipinski definition) is 7. The Kier molecular flexibility index (Phi) is 5.99. The van der Waals surface area contributed by atoms with Crippen molar-refractivity contribution in [1.29, 1.82) is 0 Å². The van der Waals surface area contributed by atoms with E-state index >= 15 is 0 Å². The van der Waals surface area contributed by atoms with Crippen LogP contribution < -0.4 is 20.1 Å². The second-order valence-corrected chi connectivity index (χ2v) is 7.01. The number of nitrogens with two attached hydrogens (primary N) is 1. The zero-order chi connectivity index (χ0) is 20.3. The zero-order valence-corrected chi connectivity index (χ0v) is 16.8. The summed E-state index contributed by atoms with van der Waals surface area (Å²) < 4.78 is 10.6. The van der Waals surface area contributed by atoms with Crippen LogP contribution in [-0.2, 0) is 17.8 Å². The molecular formula is C20H27N5O3. The lowest BCUT2D eigenvalue weighted by Crippen LogP contribution is -2.38. The van der Waals surface area contributed by atoms with Crippen molar-refractivity contribution in [3.63, 3.8) is 0 Å². The average Bonchev–Trinajstić information content (AvgIpc) is 2.71. The van der Waals surface area contributed by atoms with Crippen LogP contribution in [0.5, 0.6) is 11.5 Å². The summed E-state index contributed by atoms with van der Waals surface area (Å²) in [5.41, 5.74) is 9.15. The first-order valence-electron chi connectivity index (χ1n) is 9.20. The molecule has 0 saturated heterocycles. The maximum atomic E-state index is 12.8. The van der Waals surface area contributed by atoms with Gasteiger partial charge in [-0.05, 0) is 24.1 Å². The highest BCUT2D eigenvalue weighted by atomic mass is 16.5. The summed E-state index contributed by atoms with van der Waals surface area (Å²) in [5.74, 6) is 2.16. The summed E-state index contributed by atoms with van der Waals surface area (Å²) in [4.78, 5) is 25.3. The van der Waals surface area contributed by atoms with Gasteiger partial charge in [-0.15, -0.1) is 0 Å². The number of methoxy groups -OCH3 is 2. The minimum Gasteiger partial charge on any atom is -0.493 e. The van der Waals surface area contributed by atoms with E-state index in [0.717, 1.165) is 29.1 Å². The standard InChI is InChI=1S/C20H27N5O3/c1-24(2)20-14-7-8-25(11-16(14)22-12-23-20)19(26)10-15(21)13-5-6-17(27-3)18(9-13)28-4/h5-6,9,12,15H,7-8,10-11,21H2,1-4H3/t15-/m1/s1. The van der Waals surface area contributed by atoms with E-state index in [2.05, 4.69) is 9.97 Å². The maximum Gasteiger partial charge on any atom is 0.224 e. The van der Waals surface area contributed by atoms with Gasteiger partial charge < -0.3 is 25.0 Å². The fraction of sp³-hybridized carbons (Fsp3) is 0.450. The molecule has 1 atom stereocenters. The Morgan fingerprint density at radius 3 is 2.68 bits per heavy atom. The number of aromatic nitrogens is 2. The van der Waals surface area contributed by atoms with Crippen LogP contribution in [0.1, 0.15) is 29.3 Å². The van der Waals surface area contributed by atoms with Gasteiger partial charge in [-0.25, -0.2) is 9.97 Å². The third kappa shape index (κ3) is 4.01. The smallest absolute Gasteiger partial charge is 0.224 e. The first kappa shape index (κ1) is 19.9. The lowest BCUT2D eigenvalue weighted by molar-refractivity contribution is -0.132. The van der Waals surface area contributed by atoms with E-state index in [4.69, 9.17) is 15.2 Å². The van der Waals surface area contributed by atoms with E-state index < -0.39 is 6.04 Å². The highest BCUT2D eigenvalue weighted by molar-refractivity contribution is 5.77. The second-order valence-electron chi connectivity index (χ2n) is 7.01. The number of nitrogens with zero attached hydrogens (tertiary/aromatic N) is 4. The molecule has 0 fully saturated rings. The Morgan fingerprint density at radius 2 is 2.00 bits per heavy atom. The van der Waals surface area contributed by atoms with Crippen molar-refractivity contribution in [3.8, 4) is 11.5 Å². The minimum atomic E-state index is -0.420. The zero-order valence-electron chi connectivity index (χ0n) is 16.8. The SMILES string of the molecule is COc1ccc([C@H](N)CC(=O)N2CCc3c(ncnc3N(C)C)C2)cc1OC. The van der Waals surface area contributed by atoms with Crippen LogP contribution in [0, 0.1) is 0 Å². The van der Waals surface area contributed by atoms with Crippen LogP contribution >= 0.6 is 0 Å². The molecule has 0 spiro atoms. The molecule has 0 radical (unpaired) electrons. The van der Waals surface area contributed by atoms with Crippen molar-refractivity contribution in [2.24, 2.45) is 5.73 Å². The van der Waals surface area contributed by atoms with E-state index in [-0.39, 0.29) is 12.3 Å². The molecule has 1 aliphatic heterocycles. The van der Waals surface area contributed by atoms with Crippen molar-refractivity contribution < 1.29 is 14.3 Å². The summed E-state index contributed by atoms with van der Waals surface area (Å²) in [6.07, 6.45) is 2.51. The first-order valence-corrected chi connectivity index (χ1v) is 9.20. The highest BCUT2D eigenvalue weighted by Crippen LogP contribution is 2.31. The molecule has 2 N–H and O–H groups in total. The molecule has 1 aliphatic rings. The minimum absolute atomic E-state index is 0.0120. The molecule has 2 aromatic rings. The van der Waals surface area contributed by atoms with Crippen LogP contribution in [0.3, 0.4) is 0 Å². The Morgan fingerprint density at radius 1 is 1.25 bits per heavy atom. The molecule has 1 aromatic carbocycles. The Hall–Kier alpha value is -2.87. The van der Waals surface area contributed by atoms with E-state index in [1.54, 1.807) is 26.6 Å². The van der Waals surface area contributed by atoms with Gasteiger partial charge in [-0.1, -0.05) is 6.07 Å². The molecule has 8 nitrogen and oxygen atoms in total. The molecule has 0 bridgehead atoms. The van der Waals surface area contributed by atoms with Crippen LogP contribution in [0.15, 0.2) is 24.5 Å². The number of carbonyl (C=O) groups is 1. The van der Waals surface area contributed by atoms with Gasteiger partial charge in [0.25, 0.3) is 0 Å². The summed E-state index contributed by atoms with van der Waals surface area (Å²) in [6.45, 7) is 1.12. The molecule has 1 aromatic heterocycles. The van der Waals surface area contributed by atoms with Crippen molar-refractivity contribution in [2.75, 3.05) is 39.8 Å². The molecule has 0 unspecified atom stereocenters. The predicted octanol–water partition coefficient (Wildman–Crippen LogP) is 1.53. The summed E-state index contributed by atoms with van der Waals surface area (Å²) in [7, 11) is 7.08. The van der Waals surface area contributed by atoms with Crippen LogP contribution in [0.4, 0.5) is 5.82 Å². The number of anilines is 1. The monoisotopic (exact) mass is 385 g/mol. The predicted molar refractivity (Wildman–Crippen MR) is 107 cm³/mol. The number of hydrogen-bond donors (Lipinski definition) is 1. The number of ether oxygens (including phenoxy) is 2. The molecule has 28 heavy (non-hydrogen) atoms. The van der Waals surface area contributed by atoms with Gasteiger partial charge in [0.1, 0.15) is 12.1 Å². The second kappa shape index (κ2) is 8.43. The van der Waals surface area contributed by atoms with Crippen LogP contribution in [-0.4, -0.2) is 55.6 Å². The van der Waals surface area contributed by atoms with Crippen LogP contribution in [0.25, 0.3) is 0 Å². The Balaban J connectivity index is 1.69. The van der Waals surface area contributed by atoms with Crippen molar-refractivity contribution in [2.45, 2.75) is 25.4 Å². The fourth-order valence-corrected chi connectivity index (χ4v) is 3.45. The van der Waals surface area contributed by atoms with Gasteiger partial charge >= 0.3 is 0 Å². The molecule has 0 saturated carbocycles. The van der Waals surface area contributed by atoms with Crippen molar-refractivity contribution in [3.05, 3.63) is 41.3 Å². The van der Waals surface area contributed by atoms with E-state index in [9.17, 15) is 4.79 Å². The molecule has 150 valence electrons. The van der Waals surface area contributed by atoms with Gasteiger partial charge in [0.05, 0.1) is 26.5 Å². The summed E-state index contributed by atoms with van der Waals surface area (Å²) in [5, 5.41) is 0. The highest BCUT2D eigenvalue weighted by Gasteiger charge is 2.26. The Bertz CT molecular complexity index is 856.